The van der Waals surface area contributed by atoms with E-state index < -0.39 is 29.3 Å². The first kappa shape index (κ1) is 21.6. The van der Waals surface area contributed by atoms with Crippen molar-refractivity contribution in [2.45, 2.75) is 12.3 Å². The zero-order valence-corrected chi connectivity index (χ0v) is 16.7. The van der Waals surface area contributed by atoms with Gasteiger partial charge in [0.05, 0.1) is 17.9 Å². The number of halogens is 3. The summed E-state index contributed by atoms with van der Waals surface area (Å²) in [4.78, 5) is 27.5. The molecule has 3 aromatic rings. The normalized spacial score (nSPS) is 15.2. The molecule has 0 radical (unpaired) electrons. The van der Waals surface area contributed by atoms with Gasteiger partial charge in [-0.2, -0.15) is 13.2 Å². The fraction of sp³-hybridized carbons (Fsp3) is 0.167. The standard InChI is InChI=1S/C24H18F3NO4/c25-24(26,27)19-12-7-13-20(21(19)32-15-18-14-31-18)28(22(29)16-8-3-1-4-9-16)23(30)17-10-5-2-6-11-17/h1-13,18H,14-15H2. The molecule has 1 unspecified atom stereocenters. The van der Waals surface area contributed by atoms with Gasteiger partial charge in [-0.3, -0.25) is 9.59 Å². The van der Waals surface area contributed by atoms with Crippen molar-refractivity contribution in [2.24, 2.45) is 0 Å². The smallest absolute Gasteiger partial charge is 0.420 e. The predicted molar refractivity (Wildman–Crippen MR) is 111 cm³/mol. The number of carbonyl (C=O) groups excluding carboxylic acids is 2. The molecular weight excluding hydrogens is 423 g/mol. The molecule has 3 aromatic carbocycles. The number of imide groups is 1. The fourth-order valence-electron chi connectivity index (χ4n) is 3.15. The number of nitrogens with zero attached hydrogens (tertiary/aromatic N) is 1. The highest BCUT2D eigenvalue weighted by Gasteiger charge is 2.39. The summed E-state index contributed by atoms with van der Waals surface area (Å²) in [5.74, 6) is -2.14. The van der Waals surface area contributed by atoms with Gasteiger partial charge in [0, 0.05) is 11.1 Å². The molecule has 0 aliphatic carbocycles. The number of benzene rings is 3. The lowest BCUT2D eigenvalue weighted by Crippen LogP contribution is -2.37. The molecule has 5 nitrogen and oxygen atoms in total. The number of carbonyl (C=O) groups is 2. The van der Waals surface area contributed by atoms with Gasteiger partial charge in [0.25, 0.3) is 11.8 Å². The predicted octanol–water partition coefficient (Wildman–Crippen LogP) is 4.97. The van der Waals surface area contributed by atoms with Crippen LogP contribution in [0.1, 0.15) is 26.3 Å². The summed E-state index contributed by atoms with van der Waals surface area (Å²) in [6.07, 6.45) is -5.08. The van der Waals surface area contributed by atoms with Crippen molar-refractivity contribution in [3.63, 3.8) is 0 Å². The molecule has 1 atom stereocenters. The highest BCUT2D eigenvalue weighted by atomic mass is 19.4. The van der Waals surface area contributed by atoms with E-state index >= 15 is 0 Å². The van der Waals surface area contributed by atoms with E-state index in [0.29, 0.717) is 6.61 Å². The second-order valence-corrected chi connectivity index (χ2v) is 7.10. The lowest BCUT2D eigenvalue weighted by molar-refractivity contribution is -0.138. The van der Waals surface area contributed by atoms with E-state index in [1.807, 2.05) is 0 Å². The van der Waals surface area contributed by atoms with Crippen LogP contribution in [0.5, 0.6) is 5.75 Å². The first-order chi connectivity index (χ1) is 15.4. The largest absolute Gasteiger partial charge is 0.488 e. The van der Waals surface area contributed by atoms with Crippen LogP contribution in [0.3, 0.4) is 0 Å². The molecule has 1 aliphatic heterocycles. The molecule has 2 amide bonds. The van der Waals surface area contributed by atoms with Crippen LogP contribution in [0.15, 0.2) is 78.9 Å². The Bertz CT molecular complexity index is 1060. The summed E-state index contributed by atoms with van der Waals surface area (Å²) in [5, 5.41) is 0. The number of hydrogen-bond donors (Lipinski definition) is 0. The second kappa shape index (κ2) is 8.84. The van der Waals surface area contributed by atoms with Crippen LogP contribution in [0.25, 0.3) is 0 Å². The maximum absolute atomic E-state index is 13.8. The van der Waals surface area contributed by atoms with Crippen molar-refractivity contribution in [3.05, 3.63) is 95.6 Å². The lowest BCUT2D eigenvalue weighted by Gasteiger charge is -2.25. The molecular formula is C24H18F3NO4. The fourth-order valence-corrected chi connectivity index (χ4v) is 3.15. The van der Waals surface area contributed by atoms with Crippen molar-refractivity contribution in [1.82, 2.24) is 0 Å². The lowest BCUT2D eigenvalue weighted by atomic mass is 10.1. The summed E-state index contributed by atoms with van der Waals surface area (Å²) in [7, 11) is 0. The van der Waals surface area contributed by atoms with E-state index in [-0.39, 0.29) is 29.5 Å². The maximum atomic E-state index is 13.8. The Labute approximate surface area is 182 Å². The molecule has 1 saturated heterocycles. The van der Waals surface area contributed by atoms with Crippen LogP contribution in [0, 0.1) is 0 Å². The minimum Gasteiger partial charge on any atom is -0.488 e. The van der Waals surface area contributed by atoms with Gasteiger partial charge in [-0.25, -0.2) is 4.90 Å². The Balaban J connectivity index is 1.86. The van der Waals surface area contributed by atoms with Crippen molar-refractivity contribution in [1.29, 1.82) is 0 Å². The average Bonchev–Trinajstić information content (AvgIpc) is 3.63. The molecule has 4 rings (SSSR count). The Morgan fingerprint density at radius 2 is 1.41 bits per heavy atom. The van der Waals surface area contributed by atoms with Gasteiger partial charge in [-0.05, 0) is 36.4 Å². The van der Waals surface area contributed by atoms with Crippen molar-refractivity contribution < 1.29 is 32.2 Å². The molecule has 1 aliphatic rings. The minimum absolute atomic E-state index is 0.132. The van der Waals surface area contributed by atoms with Gasteiger partial charge in [-0.1, -0.05) is 42.5 Å². The van der Waals surface area contributed by atoms with Crippen LogP contribution < -0.4 is 9.64 Å². The van der Waals surface area contributed by atoms with Crippen LogP contribution >= 0.6 is 0 Å². The molecule has 1 fully saturated rings. The summed E-state index contributed by atoms with van der Waals surface area (Å²) in [6, 6.07) is 19.0. The average molecular weight is 441 g/mol. The zero-order chi connectivity index (χ0) is 22.7. The number of anilines is 1. The van der Waals surface area contributed by atoms with Crippen molar-refractivity contribution in [3.8, 4) is 5.75 Å². The summed E-state index contributed by atoms with van der Waals surface area (Å²) in [5.41, 5.74) is -1.08. The van der Waals surface area contributed by atoms with E-state index in [0.717, 1.165) is 17.0 Å². The van der Waals surface area contributed by atoms with Crippen LogP contribution in [-0.2, 0) is 10.9 Å². The number of amides is 2. The first-order valence-corrected chi connectivity index (χ1v) is 9.80. The van der Waals surface area contributed by atoms with Gasteiger partial charge in [0.2, 0.25) is 0 Å². The monoisotopic (exact) mass is 441 g/mol. The highest BCUT2D eigenvalue weighted by Crippen LogP contribution is 2.43. The zero-order valence-electron chi connectivity index (χ0n) is 16.7. The van der Waals surface area contributed by atoms with E-state index in [1.54, 1.807) is 36.4 Å². The third-order valence-corrected chi connectivity index (χ3v) is 4.80. The number of epoxide rings is 1. The Hall–Kier alpha value is -3.65. The second-order valence-electron chi connectivity index (χ2n) is 7.10. The molecule has 32 heavy (non-hydrogen) atoms. The van der Waals surface area contributed by atoms with Gasteiger partial charge in [0.15, 0.2) is 5.75 Å². The van der Waals surface area contributed by atoms with E-state index in [2.05, 4.69) is 0 Å². The number of ether oxygens (including phenoxy) is 2. The topological polar surface area (TPSA) is 59.1 Å². The number of alkyl halides is 3. The molecule has 8 heteroatoms. The molecule has 0 aromatic heterocycles. The van der Waals surface area contributed by atoms with Gasteiger partial charge >= 0.3 is 6.18 Å². The van der Waals surface area contributed by atoms with Crippen LogP contribution in [0.2, 0.25) is 0 Å². The van der Waals surface area contributed by atoms with E-state index in [4.69, 9.17) is 9.47 Å². The van der Waals surface area contributed by atoms with Crippen LogP contribution in [0.4, 0.5) is 18.9 Å². The summed E-state index contributed by atoms with van der Waals surface area (Å²) >= 11 is 0. The first-order valence-electron chi connectivity index (χ1n) is 9.80. The molecule has 1 heterocycles. The van der Waals surface area contributed by atoms with E-state index in [1.165, 1.54) is 30.3 Å². The molecule has 164 valence electrons. The molecule has 0 spiro atoms. The highest BCUT2D eigenvalue weighted by molar-refractivity contribution is 6.26. The minimum atomic E-state index is -4.76. The third kappa shape index (κ3) is 4.65. The number of rotatable bonds is 6. The Morgan fingerprint density at radius 1 is 0.875 bits per heavy atom. The third-order valence-electron chi connectivity index (χ3n) is 4.80. The SMILES string of the molecule is O=C(c1ccccc1)N(C(=O)c1ccccc1)c1cccc(C(F)(F)F)c1OCC1CO1. The van der Waals surface area contributed by atoms with Crippen molar-refractivity contribution >= 4 is 17.5 Å². The van der Waals surface area contributed by atoms with E-state index in [9.17, 15) is 22.8 Å². The van der Waals surface area contributed by atoms with Gasteiger partial charge in [-0.15, -0.1) is 0 Å². The molecule has 0 saturated carbocycles. The summed E-state index contributed by atoms with van der Waals surface area (Å²) in [6.45, 7) is 0.242. The van der Waals surface area contributed by atoms with Crippen molar-refractivity contribution in [2.75, 3.05) is 18.1 Å². The quantitative estimate of drug-likeness (QED) is 0.400. The molecule has 0 bridgehead atoms. The number of hydrogen-bond acceptors (Lipinski definition) is 4. The summed E-state index contributed by atoms with van der Waals surface area (Å²) < 4.78 is 51.9. The van der Waals surface area contributed by atoms with Crippen LogP contribution in [-0.4, -0.2) is 31.1 Å². The Morgan fingerprint density at radius 3 is 1.88 bits per heavy atom. The van der Waals surface area contributed by atoms with Gasteiger partial charge in [0.1, 0.15) is 12.7 Å². The molecule has 0 N–H and O–H groups in total. The maximum Gasteiger partial charge on any atom is 0.420 e. The number of para-hydroxylation sites is 1. The van der Waals surface area contributed by atoms with Gasteiger partial charge < -0.3 is 9.47 Å². The Kier molecular flexibility index (Phi) is 5.96.